The molecule has 0 aromatic rings. The zero-order chi connectivity index (χ0) is 19.7. The summed E-state index contributed by atoms with van der Waals surface area (Å²) < 4.78 is 0.834. The smallest absolute Gasteiger partial charge is 0.362 e. The molecule has 26 heavy (non-hydrogen) atoms. The standard InChI is InChI=1S/C23H47NO2/c1-5-9-13-14-15-16-17-18-22(23(25)26)24(19-10-6-2,20-11-7-3)21-12-8-4/h22H,5-21H2,1-4H3/p+1. The molecule has 156 valence electrons. The maximum Gasteiger partial charge on any atom is 0.362 e. The maximum absolute atomic E-state index is 12.2. The summed E-state index contributed by atoms with van der Waals surface area (Å²) >= 11 is 0. The fraction of sp³-hybridized carbons (Fsp3) is 0.957. The van der Waals surface area contributed by atoms with E-state index in [2.05, 4.69) is 27.7 Å². The van der Waals surface area contributed by atoms with Gasteiger partial charge < -0.3 is 9.59 Å². The Morgan fingerprint density at radius 1 is 0.654 bits per heavy atom. The van der Waals surface area contributed by atoms with Crippen molar-refractivity contribution in [2.24, 2.45) is 0 Å². The normalized spacial score (nSPS) is 13.1. The van der Waals surface area contributed by atoms with Crippen LogP contribution >= 0.6 is 0 Å². The van der Waals surface area contributed by atoms with Crippen LogP contribution in [-0.4, -0.2) is 41.2 Å². The van der Waals surface area contributed by atoms with Gasteiger partial charge in [0.15, 0.2) is 6.04 Å². The molecule has 0 bridgehead atoms. The van der Waals surface area contributed by atoms with Crippen molar-refractivity contribution in [2.75, 3.05) is 19.6 Å². The van der Waals surface area contributed by atoms with E-state index in [-0.39, 0.29) is 6.04 Å². The summed E-state index contributed by atoms with van der Waals surface area (Å²) in [7, 11) is 0. The topological polar surface area (TPSA) is 37.3 Å². The molecule has 0 fully saturated rings. The highest BCUT2D eigenvalue weighted by atomic mass is 16.4. The number of nitrogens with zero attached hydrogens (tertiary/aromatic N) is 1. The maximum atomic E-state index is 12.2. The third-order valence-corrected chi connectivity index (χ3v) is 5.90. The van der Waals surface area contributed by atoms with E-state index in [1.165, 1.54) is 38.5 Å². The molecule has 0 aromatic carbocycles. The number of carbonyl (C=O) groups is 1. The number of hydrogen-bond acceptors (Lipinski definition) is 1. The molecule has 0 saturated carbocycles. The molecule has 0 spiro atoms. The van der Waals surface area contributed by atoms with Crippen LogP contribution in [0.15, 0.2) is 0 Å². The van der Waals surface area contributed by atoms with Crippen LogP contribution in [0.3, 0.4) is 0 Å². The van der Waals surface area contributed by atoms with Gasteiger partial charge in [0.05, 0.1) is 19.6 Å². The molecule has 1 atom stereocenters. The quantitative estimate of drug-likeness (QED) is 0.200. The average molecular weight is 371 g/mol. The Hall–Kier alpha value is -0.570. The van der Waals surface area contributed by atoms with Gasteiger partial charge in [-0.05, 0) is 25.7 Å². The average Bonchev–Trinajstić information content (AvgIpc) is 2.64. The highest BCUT2D eigenvalue weighted by Crippen LogP contribution is 2.24. The third-order valence-electron chi connectivity index (χ3n) is 5.90. The Morgan fingerprint density at radius 2 is 1.04 bits per heavy atom. The van der Waals surface area contributed by atoms with Gasteiger partial charge in [-0.15, -0.1) is 0 Å². The number of aliphatic carboxylic acids is 1. The van der Waals surface area contributed by atoms with Crippen molar-refractivity contribution in [2.45, 2.75) is 124 Å². The van der Waals surface area contributed by atoms with Crippen molar-refractivity contribution in [3.05, 3.63) is 0 Å². The summed E-state index contributed by atoms with van der Waals surface area (Å²) in [6.07, 6.45) is 16.6. The van der Waals surface area contributed by atoms with Crippen molar-refractivity contribution in [3.8, 4) is 0 Å². The van der Waals surface area contributed by atoms with Crippen LogP contribution in [0.2, 0.25) is 0 Å². The number of unbranched alkanes of at least 4 members (excludes halogenated alkanes) is 9. The van der Waals surface area contributed by atoms with E-state index in [1.807, 2.05) is 0 Å². The van der Waals surface area contributed by atoms with Gasteiger partial charge in [-0.2, -0.15) is 0 Å². The molecule has 0 aromatic heterocycles. The molecule has 0 rings (SSSR count). The first-order chi connectivity index (χ1) is 12.6. The lowest BCUT2D eigenvalue weighted by Crippen LogP contribution is -2.60. The minimum atomic E-state index is -0.556. The van der Waals surface area contributed by atoms with Gasteiger partial charge in [0.25, 0.3) is 0 Å². The zero-order valence-corrected chi connectivity index (χ0v) is 18.4. The molecule has 0 aliphatic heterocycles. The number of hydrogen-bond donors (Lipinski definition) is 1. The summed E-state index contributed by atoms with van der Waals surface area (Å²) in [6.45, 7) is 12.1. The summed E-state index contributed by atoms with van der Waals surface area (Å²) in [5, 5.41) is 10.1. The van der Waals surface area contributed by atoms with Gasteiger partial charge in [-0.1, -0.05) is 85.5 Å². The van der Waals surface area contributed by atoms with Crippen molar-refractivity contribution >= 4 is 5.97 Å². The number of carboxylic acids is 1. The minimum Gasteiger partial charge on any atom is -0.477 e. The van der Waals surface area contributed by atoms with Crippen LogP contribution in [0.4, 0.5) is 0 Å². The van der Waals surface area contributed by atoms with Gasteiger partial charge in [0.1, 0.15) is 0 Å². The van der Waals surface area contributed by atoms with Crippen LogP contribution in [0.25, 0.3) is 0 Å². The van der Waals surface area contributed by atoms with Crippen LogP contribution in [0, 0.1) is 0 Å². The Kier molecular flexibility index (Phi) is 16.2. The largest absolute Gasteiger partial charge is 0.477 e. The predicted molar refractivity (Wildman–Crippen MR) is 114 cm³/mol. The number of quaternary nitrogens is 1. The molecule has 3 nitrogen and oxygen atoms in total. The van der Waals surface area contributed by atoms with Crippen molar-refractivity contribution in [3.63, 3.8) is 0 Å². The third kappa shape index (κ3) is 10.5. The van der Waals surface area contributed by atoms with Crippen LogP contribution in [-0.2, 0) is 4.79 Å². The second-order valence-electron chi connectivity index (χ2n) is 8.21. The van der Waals surface area contributed by atoms with Gasteiger partial charge in [0, 0.05) is 6.42 Å². The number of rotatable bonds is 19. The first kappa shape index (κ1) is 25.4. The van der Waals surface area contributed by atoms with Crippen molar-refractivity contribution in [1.29, 1.82) is 0 Å². The fourth-order valence-electron chi connectivity index (χ4n) is 4.15. The summed E-state index contributed by atoms with van der Waals surface area (Å²) in [4.78, 5) is 12.2. The van der Waals surface area contributed by atoms with Gasteiger partial charge in [-0.3, -0.25) is 0 Å². The zero-order valence-electron chi connectivity index (χ0n) is 18.4. The van der Waals surface area contributed by atoms with E-state index in [9.17, 15) is 9.90 Å². The lowest BCUT2D eigenvalue weighted by molar-refractivity contribution is -0.944. The van der Waals surface area contributed by atoms with Crippen LogP contribution in [0.1, 0.15) is 118 Å². The Balaban J connectivity index is 4.89. The second kappa shape index (κ2) is 16.6. The van der Waals surface area contributed by atoms with Crippen LogP contribution in [0.5, 0.6) is 0 Å². The highest BCUT2D eigenvalue weighted by Gasteiger charge is 2.40. The summed E-state index contributed by atoms with van der Waals surface area (Å²) in [5.41, 5.74) is 0. The van der Waals surface area contributed by atoms with E-state index in [0.29, 0.717) is 0 Å². The van der Waals surface area contributed by atoms with Gasteiger partial charge >= 0.3 is 5.97 Å². The summed E-state index contributed by atoms with van der Waals surface area (Å²) in [6, 6.07) is -0.199. The molecule has 0 aliphatic rings. The lowest BCUT2D eigenvalue weighted by atomic mass is 9.99. The molecule has 0 aliphatic carbocycles. The summed E-state index contributed by atoms with van der Waals surface area (Å²) in [5.74, 6) is -0.556. The number of carboxylic acid groups (broad SMARTS) is 1. The first-order valence-electron chi connectivity index (χ1n) is 11.7. The molecule has 1 unspecified atom stereocenters. The van der Waals surface area contributed by atoms with Crippen molar-refractivity contribution < 1.29 is 14.4 Å². The Bertz CT molecular complexity index is 308. The lowest BCUT2D eigenvalue weighted by Gasteiger charge is -2.43. The van der Waals surface area contributed by atoms with E-state index < -0.39 is 5.97 Å². The Labute approximate surface area is 164 Å². The molecular weight excluding hydrogens is 322 g/mol. The second-order valence-corrected chi connectivity index (χ2v) is 8.21. The SMILES string of the molecule is CCCCCCCCCC(C(=O)O)[N+](CCCC)(CCCC)CCCC. The minimum absolute atomic E-state index is 0.199. The molecule has 0 heterocycles. The van der Waals surface area contributed by atoms with Gasteiger partial charge in [0.2, 0.25) is 0 Å². The molecule has 0 amide bonds. The van der Waals surface area contributed by atoms with Gasteiger partial charge in [-0.25, -0.2) is 4.79 Å². The first-order valence-corrected chi connectivity index (χ1v) is 11.7. The monoisotopic (exact) mass is 370 g/mol. The predicted octanol–water partition coefficient (Wildman–Crippen LogP) is 6.80. The molecule has 0 radical (unpaired) electrons. The van der Waals surface area contributed by atoms with E-state index >= 15 is 0 Å². The Morgan fingerprint density at radius 3 is 1.42 bits per heavy atom. The molecule has 0 saturated heterocycles. The van der Waals surface area contributed by atoms with E-state index in [0.717, 1.165) is 75.5 Å². The molecule has 1 N–H and O–H groups in total. The molecular formula is C23H48NO2+. The van der Waals surface area contributed by atoms with E-state index in [1.54, 1.807) is 0 Å². The molecule has 3 heteroatoms. The van der Waals surface area contributed by atoms with E-state index in [4.69, 9.17) is 0 Å². The highest BCUT2D eigenvalue weighted by molar-refractivity contribution is 5.72. The fourth-order valence-corrected chi connectivity index (χ4v) is 4.15. The van der Waals surface area contributed by atoms with Crippen molar-refractivity contribution in [1.82, 2.24) is 0 Å². The van der Waals surface area contributed by atoms with Crippen LogP contribution < -0.4 is 0 Å².